The quantitative estimate of drug-likeness (QED) is 0.889. The average Bonchev–Trinajstić information content (AvgIpc) is 2.36. The van der Waals surface area contributed by atoms with Crippen LogP contribution in [0, 0.1) is 18.3 Å². The van der Waals surface area contributed by atoms with Crippen LogP contribution in [0.5, 0.6) is 0 Å². The van der Waals surface area contributed by atoms with E-state index in [1.54, 1.807) is 0 Å². The third kappa shape index (κ3) is 4.42. The highest BCUT2D eigenvalue weighted by molar-refractivity contribution is 7.89. The predicted molar refractivity (Wildman–Crippen MR) is 67.8 cm³/mol. The number of hydrogen-bond donors (Lipinski definition) is 1. The van der Waals surface area contributed by atoms with Gasteiger partial charge in [-0.05, 0) is 30.7 Å². The fraction of sp³-hybridized carbons (Fsp3) is 0.417. The molecule has 0 spiro atoms. The number of halogens is 3. The first-order chi connectivity index (χ1) is 9.61. The Labute approximate surface area is 120 Å². The van der Waals surface area contributed by atoms with Gasteiger partial charge in [-0.15, -0.1) is 0 Å². The number of benzene rings is 1. The summed E-state index contributed by atoms with van der Waals surface area (Å²) in [6.07, 6.45) is -4.72. The van der Waals surface area contributed by atoms with E-state index in [1.807, 2.05) is 6.07 Å². The average molecular weight is 322 g/mol. The van der Waals surface area contributed by atoms with Crippen molar-refractivity contribution < 1.29 is 26.7 Å². The van der Waals surface area contributed by atoms with Crippen molar-refractivity contribution in [2.24, 2.45) is 0 Å². The van der Waals surface area contributed by atoms with Crippen molar-refractivity contribution in [1.29, 1.82) is 5.26 Å². The molecule has 0 bridgehead atoms. The van der Waals surface area contributed by atoms with Crippen molar-refractivity contribution in [2.45, 2.75) is 18.0 Å². The highest BCUT2D eigenvalue weighted by Gasteiger charge is 2.36. The van der Waals surface area contributed by atoms with Crippen LogP contribution in [0.4, 0.5) is 13.2 Å². The van der Waals surface area contributed by atoms with Crippen LogP contribution >= 0.6 is 0 Å². The van der Waals surface area contributed by atoms with E-state index >= 15 is 0 Å². The molecule has 0 atom stereocenters. The molecule has 1 aromatic rings. The normalized spacial score (nSPS) is 12.4. The summed E-state index contributed by atoms with van der Waals surface area (Å²) < 4.78 is 61.9. The second-order valence-electron chi connectivity index (χ2n) is 4.27. The van der Waals surface area contributed by atoms with Gasteiger partial charge in [0.2, 0.25) is 10.0 Å². The van der Waals surface area contributed by atoms with Gasteiger partial charge in [0, 0.05) is 6.54 Å². The van der Waals surface area contributed by atoms with Crippen LogP contribution in [0.1, 0.15) is 11.1 Å². The van der Waals surface area contributed by atoms with Crippen LogP contribution in [0.25, 0.3) is 0 Å². The number of aliphatic hydroxyl groups is 1. The lowest BCUT2D eigenvalue weighted by molar-refractivity contribution is -0.136. The highest BCUT2D eigenvalue weighted by atomic mass is 32.2. The molecule has 9 heteroatoms. The lowest BCUT2D eigenvalue weighted by Crippen LogP contribution is -2.40. The number of aliphatic hydroxyl groups excluding tert-OH is 1. The largest absolute Gasteiger partial charge is 0.402 e. The third-order valence-electron chi connectivity index (χ3n) is 2.66. The van der Waals surface area contributed by atoms with Gasteiger partial charge < -0.3 is 5.11 Å². The predicted octanol–water partition coefficient (Wildman–Crippen LogP) is 1.41. The Balaban J connectivity index is 3.23. The Bertz CT molecular complexity index is 651. The van der Waals surface area contributed by atoms with Crippen LogP contribution in [0.3, 0.4) is 0 Å². The topological polar surface area (TPSA) is 81.4 Å². The molecule has 0 radical (unpaired) electrons. The zero-order valence-corrected chi connectivity index (χ0v) is 11.9. The number of aryl methyl sites for hydroxylation is 1. The van der Waals surface area contributed by atoms with Crippen LogP contribution in [0.15, 0.2) is 23.1 Å². The number of hydrogen-bond acceptors (Lipinski definition) is 4. The Hall–Kier alpha value is -1.63. The summed E-state index contributed by atoms with van der Waals surface area (Å²) in [5, 5.41) is 17.5. The molecular formula is C12H13F3N2O3S. The van der Waals surface area contributed by atoms with E-state index in [1.165, 1.54) is 13.0 Å². The maximum absolute atomic E-state index is 12.4. The van der Waals surface area contributed by atoms with Gasteiger partial charge in [-0.3, -0.25) is 0 Å². The molecule has 1 aromatic carbocycles. The summed E-state index contributed by atoms with van der Waals surface area (Å²) in [5.41, 5.74) is 0.577. The van der Waals surface area contributed by atoms with Gasteiger partial charge in [-0.2, -0.15) is 22.7 Å². The van der Waals surface area contributed by atoms with Crippen molar-refractivity contribution in [1.82, 2.24) is 4.31 Å². The fourth-order valence-electron chi connectivity index (χ4n) is 1.67. The minimum Gasteiger partial charge on any atom is -0.395 e. The lowest BCUT2D eigenvalue weighted by atomic mass is 10.1. The Morgan fingerprint density at radius 2 is 2.00 bits per heavy atom. The molecule has 0 aromatic heterocycles. The van der Waals surface area contributed by atoms with E-state index in [2.05, 4.69) is 0 Å². The van der Waals surface area contributed by atoms with Gasteiger partial charge in [0.25, 0.3) is 0 Å². The van der Waals surface area contributed by atoms with E-state index in [-0.39, 0.29) is 14.8 Å². The van der Waals surface area contributed by atoms with Gasteiger partial charge >= 0.3 is 6.18 Å². The number of sulfonamides is 1. The van der Waals surface area contributed by atoms with Crippen LogP contribution in [-0.2, 0) is 10.0 Å². The molecule has 0 aliphatic heterocycles. The summed E-state index contributed by atoms with van der Waals surface area (Å²) in [6, 6.07) is 5.27. The Morgan fingerprint density at radius 3 is 2.43 bits per heavy atom. The van der Waals surface area contributed by atoms with Crippen molar-refractivity contribution >= 4 is 10.0 Å². The molecular weight excluding hydrogens is 309 g/mol. The monoisotopic (exact) mass is 322 g/mol. The summed E-state index contributed by atoms with van der Waals surface area (Å²) in [4.78, 5) is -0.350. The number of alkyl halides is 3. The molecule has 0 fully saturated rings. The van der Waals surface area contributed by atoms with Gasteiger partial charge in [0.05, 0.1) is 23.1 Å². The standard InChI is InChI=1S/C12H13F3N2O3S/c1-9-6-11(3-2-10(9)7-16)21(19,20)17(4-5-18)8-12(13,14)15/h2-3,6,18H,4-5,8H2,1H3. The Morgan fingerprint density at radius 1 is 1.38 bits per heavy atom. The SMILES string of the molecule is Cc1cc(S(=O)(=O)N(CCO)CC(F)(F)F)ccc1C#N. The molecule has 1 N–H and O–H groups in total. The molecule has 0 aliphatic rings. The van der Waals surface area contributed by atoms with Crippen LogP contribution in [0.2, 0.25) is 0 Å². The first-order valence-corrected chi connectivity index (χ1v) is 7.24. The van der Waals surface area contributed by atoms with Crippen LogP contribution < -0.4 is 0 Å². The smallest absolute Gasteiger partial charge is 0.395 e. The van der Waals surface area contributed by atoms with Crippen LogP contribution in [-0.4, -0.2) is 43.7 Å². The fourth-order valence-corrected chi connectivity index (χ4v) is 3.17. The summed E-state index contributed by atoms with van der Waals surface area (Å²) in [7, 11) is -4.40. The van der Waals surface area contributed by atoms with Gasteiger partial charge in [0.15, 0.2) is 0 Å². The summed E-state index contributed by atoms with van der Waals surface area (Å²) in [6.45, 7) is -1.60. The van der Waals surface area contributed by atoms with Crippen molar-refractivity contribution in [3.05, 3.63) is 29.3 Å². The maximum Gasteiger partial charge on any atom is 0.402 e. The highest BCUT2D eigenvalue weighted by Crippen LogP contribution is 2.23. The molecule has 0 heterocycles. The zero-order valence-electron chi connectivity index (χ0n) is 11.1. The molecule has 21 heavy (non-hydrogen) atoms. The third-order valence-corrected chi connectivity index (χ3v) is 4.50. The van der Waals surface area contributed by atoms with Gasteiger partial charge in [-0.25, -0.2) is 8.42 Å². The van der Waals surface area contributed by atoms with Gasteiger partial charge in [-0.1, -0.05) is 0 Å². The molecule has 116 valence electrons. The zero-order chi connectivity index (χ0) is 16.3. The second kappa shape index (κ2) is 6.43. The molecule has 0 aliphatic carbocycles. The second-order valence-corrected chi connectivity index (χ2v) is 6.20. The summed E-state index contributed by atoms with van der Waals surface area (Å²) >= 11 is 0. The van der Waals surface area contributed by atoms with Crippen molar-refractivity contribution in [3.63, 3.8) is 0 Å². The first-order valence-electron chi connectivity index (χ1n) is 5.80. The minimum absolute atomic E-state index is 0.161. The maximum atomic E-state index is 12.4. The number of rotatable bonds is 5. The molecule has 0 amide bonds. The van der Waals surface area contributed by atoms with E-state index in [0.29, 0.717) is 5.56 Å². The van der Waals surface area contributed by atoms with Gasteiger partial charge in [0.1, 0.15) is 6.54 Å². The minimum atomic E-state index is -4.72. The number of nitrogens with zero attached hydrogens (tertiary/aromatic N) is 2. The lowest BCUT2D eigenvalue weighted by Gasteiger charge is -2.22. The molecule has 1 rings (SSSR count). The number of nitriles is 1. The molecule has 0 saturated carbocycles. The summed E-state index contributed by atoms with van der Waals surface area (Å²) in [5.74, 6) is 0. The van der Waals surface area contributed by atoms with E-state index in [4.69, 9.17) is 10.4 Å². The Kier molecular flexibility index (Phi) is 5.33. The van der Waals surface area contributed by atoms with E-state index in [0.717, 1.165) is 12.1 Å². The van der Waals surface area contributed by atoms with Crippen molar-refractivity contribution in [3.8, 4) is 6.07 Å². The molecule has 0 unspecified atom stereocenters. The van der Waals surface area contributed by atoms with E-state index in [9.17, 15) is 21.6 Å². The first kappa shape index (κ1) is 17.4. The van der Waals surface area contributed by atoms with Crippen molar-refractivity contribution in [2.75, 3.05) is 19.7 Å². The molecule has 0 saturated heterocycles. The molecule has 5 nitrogen and oxygen atoms in total. The van der Waals surface area contributed by atoms with E-state index < -0.39 is 35.9 Å².